The molecule has 2 N–H and O–H groups in total. The minimum atomic E-state index is 0. The van der Waals surface area contributed by atoms with E-state index in [1.807, 2.05) is 0 Å². The number of hydrogen-bond donors (Lipinski definition) is 2. The molecule has 0 bridgehead atoms. The molecule has 3 unspecified atom stereocenters. The average Bonchev–Trinajstić information content (AvgIpc) is 3.15. The van der Waals surface area contributed by atoms with Crippen LogP contribution in [0.15, 0.2) is 35.3 Å². The Morgan fingerprint density at radius 1 is 1.32 bits per heavy atom. The van der Waals surface area contributed by atoms with Gasteiger partial charge >= 0.3 is 0 Å². The molecule has 2 rings (SSSR count). The van der Waals surface area contributed by atoms with Gasteiger partial charge in [0.15, 0.2) is 5.96 Å². The van der Waals surface area contributed by atoms with Crippen molar-refractivity contribution < 1.29 is 0 Å². The lowest BCUT2D eigenvalue weighted by atomic mass is 10.1. The van der Waals surface area contributed by atoms with Gasteiger partial charge in [0, 0.05) is 12.6 Å². The number of hydrogen-bond acceptors (Lipinski definition) is 2. The second kappa shape index (κ2) is 9.35. The van der Waals surface area contributed by atoms with E-state index in [0.717, 1.165) is 25.0 Å². The molecular formula is C17H29IN4. The molecule has 124 valence electrons. The Labute approximate surface area is 151 Å². The fourth-order valence-electron chi connectivity index (χ4n) is 2.44. The van der Waals surface area contributed by atoms with Crippen LogP contribution in [0.2, 0.25) is 0 Å². The first-order valence-corrected chi connectivity index (χ1v) is 7.88. The SMILES string of the molecule is CCNC(=NCC(c1ccccc1)N(C)C)NC1CC1C.I. The number of aliphatic imine (C=N–C) groups is 1. The summed E-state index contributed by atoms with van der Waals surface area (Å²) in [4.78, 5) is 7.00. The highest BCUT2D eigenvalue weighted by Crippen LogP contribution is 2.28. The summed E-state index contributed by atoms with van der Waals surface area (Å²) in [5.74, 6) is 1.71. The molecule has 0 aliphatic heterocycles. The molecule has 1 aromatic rings. The van der Waals surface area contributed by atoms with Crippen molar-refractivity contribution in [1.82, 2.24) is 15.5 Å². The van der Waals surface area contributed by atoms with Gasteiger partial charge in [0.2, 0.25) is 0 Å². The Bertz CT molecular complexity index is 461. The zero-order valence-corrected chi connectivity index (χ0v) is 16.4. The topological polar surface area (TPSA) is 39.7 Å². The minimum absolute atomic E-state index is 0. The normalized spacial score (nSPS) is 22.0. The van der Waals surface area contributed by atoms with Gasteiger partial charge in [-0.3, -0.25) is 4.99 Å². The van der Waals surface area contributed by atoms with Crippen molar-refractivity contribution in [1.29, 1.82) is 0 Å². The monoisotopic (exact) mass is 416 g/mol. The summed E-state index contributed by atoms with van der Waals surface area (Å²) in [7, 11) is 4.22. The van der Waals surface area contributed by atoms with E-state index in [0.29, 0.717) is 12.1 Å². The van der Waals surface area contributed by atoms with Crippen molar-refractivity contribution in [3.05, 3.63) is 35.9 Å². The van der Waals surface area contributed by atoms with E-state index >= 15 is 0 Å². The molecule has 5 heteroatoms. The van der Waals surface area contributed by atoms with Crippen LogP contribution in [-0.2, 0) is 0 Å². The molecule has 3 atom stereocenters. The standard InChI is InChI=1S/C17H28N4.HI/c1-5-18-17(20-15-11-13(15)2)19-12-16(21(3)4)14-9-7-6-8-10-14;/h6-10,13,15-16H,5,11-12H2,1-4H3,(H2,18,19,20);1H. The molecule has 0 aromatic heterocycles. The van der Waals surface area contributed by atoms with Crippen molar-refractivity contribution in [2.45, 2.75) is 32.4 Å². The summed E-state index contributed by atoms with van der Waals surface area (Å²) in [5.41, 5.74) is 1.31. The lowest BCUT2D eigenvalue weighted by molar-refractivity contribution is 0.306. The largest absolute Gasteiger partial charge is 0.357 e. The predicted molar refractivity (Wildman–Crippen MR) is 105 cm³/mol. The number of guanidine groups is 1. The summed E-state index contributed by atoms with van der Waals surface area (Å²) < 4.78 is 0. The summed E-state index contributed by atoms with van der Waals surface area (Å²) >= 11 is 0. The number of nitrogens with one attached hydrogen (secondary N) is 2. The second-order valence-electron chi connectivity index (χ2n) is 6.07. The Kier molecular flexibility index (Phi) is 8.17. The third kappa shape index (κ3) is 5.76. The highest BCUT2D eigenvalue weighted by Gasteiger charge is 2.33. The number of rotatable bonds is 6. The highest BCUT2D eigenvalue weighted by molar-refractivity contribution is 14.0. The molecule has 1 saturated carbocycles. The fourth-order valence-corrected chi connectivity index (χ4v) is 2.44. The van der Waals surface area contributed by atoms with Crippen molar-refractivity contribution in [2.75, 3.05) is 27.2 Å². The van der Waals surface area contributed by atoms with E-state index in [1.165, 1.54) is 12.0 Å². The van der Waals surface area contributed by atoms with Gasteiger partial charge in [0.1, 0.15) is 0 Å². The molecule has 4 nitrogen and oxygen atoms in total. The molecule has 1 aliphatic rings. The zero-order valence-electron chi connectivity index (χ0n) is 14.0. The third-order valence-electron chi connectivity index (χ3n) is 4.01. The van der Waals surface area contributed by atoms with Crippen molar-refractivity contribution in [2.24, 2.45) is 10.9 Å². The first kappa shape index (κ1) is 19.2. The van der Waals surface area contributed by atoms with E-state index in [-0.39, 0.29) is 24.0 Å². The van der Waals surface area contributed by atoms with Crippen molar-refractivity contribution >= 4 is 29.9 Å². The average molecular weight is 416 g/mol. The van der Waals surface area contributed by atoms with Gasteiger partial charge in [-0.1, -0.05) is 37.3 Å². The van der Waals surface area contributed by atoms with Crippen LogP contribution in [0.5, 0.6) is 0 Å². The highest BCUT2D eigenvalue weighted by atomic mass is 127. The molecule has 22 heavy (non-hydrogen) atoms. The van der Waals surface area contributed by atoms with E-state index in [4.69, 9.17) is 4.99 Å². The quantitative estimate of drug-likeness (QED) is 0.426. The molecule has 0 amide bonds. The van der Waals surface area contributed by atoms with Gasteiger partial charge in [0.25, 0.3) is 0 Å². The molecular weight excluding hydrogens is 387 g/mol. The maximum absolute atomic E-state index is 4.78. The first-order chi connectivity index (χ1) is 10.1. The molecule has 1 aromatic carbocycles. The van der Waals surface area contributed by atoms with Crippen LogP contribution >= 0.6 is 24.0 Å². The Morgan fingerprint density at radius 3 is 2.45 bits per heavy atom. The van der Waals surface area contributed by atoms with Crippen LogP contribution in [0.4, 0.5) is 0 Å². The second-order valence-corrected chi connectivity index (χ2v) is 6.07. The fraction of sp³-hybridized carbons (Fsp3) is 0.588. The van der Waals surface area contributed by atoms with Crippen LogP contribution in [0.25, 0.3) is 0 Å². The van der Waals surface area contributed by atoms with E-state index < -0.39 is 0 Å². The number of likely N-dealkylation sites (N-methyl/N-ethyl adjacent to an activating group) is 1. The van der Waals surface area contributed by atoms with Crippen molar-refractivity contribution in [3.8, 4) is 0 Å². The first-order valence-electron chi connectivity index (χ1n) is 7.88. The van der Waals surface area contributed by atoms with E-state index in [9.17, 15) is 0 Å². The Hall–Kier alpha value is -0.820. The molecule has 1 aliphatic carbocycles. The summed E-state index contributed by atoms with van der Waals surface area (Å²) in [5, 5.41) is 6.85. The van der Waals surface area contributed by atoms with Gasteiger partial charge < -0.3 is 15.5 Å². The summed E-state index contributed by atoms with van der Waals surface area (Å²) in [6, 6.07) is 11.5. The van der Waals surface area contributed by atoms with E-state index in [1.54, 1.807) is 0 Å². The van der Waals surface area contributed by atoms with Crippen molar-refractivity contribution in [3.63, 3.8) is 0 Å². The maximum Gasteiger partial charge on any atom is 0.191 e. The maximum atomic E-state index is 4.78. The molecule has 0 saturated heterocycles. The molecule has 0 radical (unpaired) electrons. The lowest BCUT2D eigenvalue weighted by Gasteiger charge is -2.23. The van der Waals surface area contributed by atoms with Gasteiger partial charge in [-0.15, -0.1) is 24.0 Å². The predicted octanol–water partition coefficient (Wildman–Crippen LogP) is 2.87. The van der Waals surface area contributed by atoms with Gasteiger partial charge in [-0.2, -0.15) is 0 Å². The smallest absolute Gasteiger partial charge is 0.191 e. The Morgan fingerprint density at radius 2 is 1.95 bits per heavy atom. The number of nitrogens with zero attached hydrogens (tertiary/aromatic N) is 2. The van der Waals surface area contributed by atoms with Gasteiger partial charge in [-0.25, -0.2) is 0 Å². The van der Waals surface area contributed by atoms with Gasteiger partial charge in [0.05, 0.1) is 12.6 Å². The molecule has 0 spiro atoms. The number of halogens is 1. The van der Waals surface area contributed by atoms with Crippen LogP contribution in [0.1, 0.15) is 31.9 Å². The molecule has 0 heterocycles. The van der Waals surface area contributed by atoms with E-state index in [2.05, 4.69) is 73.8 Å². The van der Waals surface area contributed by atoms with Crippen LogP contribution in [0.3, 0.4) is 0 Å². The third-order valence-corrected chi connectivity index (χ3v) is 4.01. The zero-order chi connectivity index (χ0) is 15.2. The van der Waals surface area contributed by atoms with Crippen LogP contribution in [-0.4, -0.2) is 44.1 Å². The minimum Gasteiger partial charge on any atom is -0.357 e. The van der Waals surface area contributed by atoms with Crippen LogP contribution in [0, 0.1) is 5.92 Å². The Balaban J connectivity index is 0.00000242. The number of benzene rings is 1. The summed E-state index contributed by atoms with van der Waals surface area (Å²) in [6.07, 6.45) is 1.25. The van der Waals surface area contributed by atoms with Gasteiger partial charge in [-0.05, 0) is 38.9 Å². The lowest BCUT2D eigenvalue weighted by Crippen LogP contribution is -2.39. The van der Waals surface area contributed by atoms with Crippen LogP contribution < -0.4 is 10.6 Å². The molecule has 1 fully saturated rings. The summed E-state index contributed by atoms with van der Waals surface area (Å²) in [6.45, 7) is 6.03.